The number of rotatable bonds is 9. The third-order valence-corrected chi connectivity index (χ3v) is 8.49. The van der Waals surface area contributed by atoms with Gasteiger partial charge in [-0.1, -0.05) is 18.6 Å². The smallest absolute Gasteiger partial charge is 0.164 e. The van der Waals surface area contributed by atoms with Crippen molar-refractivity contribution in [2.75, 3.05) is 19.6 Å². The lowest BCUT2D eigenvalue weighted by Crippen LogP contribution is -2.41. The normalized spacial score (nSPS) is 19.7. The number of carbonyl (C=O) groups excluding carboxylic acids is 2. The number of Topliss-reactive ketones (excluding diaryl/α,β-unsaturated/α-hetero) is 2. The number of halogens is 1. The van der Waals surface area contributed by atoms with Crippen LogP contribution in [0.1, 0.15) is 99.9 Å². The van der Waals surface area contributed by atoms with Crippen LogP contribution in [0.25, 0.3) is 0 Å². The lowest BCUT2D eigenvalue weighted by atomic mass is 9.80. The average molecular weight is 474 g/mol. The van der Waals surface area contributed by atoms with Crippen molar-refractivity contribution in [3.05, 3.63) is 44.2 Å². The molecule has 0 N–H and O–H groups in total. The van der Waals surface area contributed by atoms with Gasteiger partial charge in [0.05, 0.1) is 0 Å². The van der Waals surface area contributed by atoms with Crippen LogP contribution in [0.4, 0.5) is 4.39 Å². The van der Waals surface area contributed by atoms with Gasteiger partial charge < -0.3 is 4.90 Å². The van der Waals surface area contributed by atoms with Crippen LogP contribution >= 0.6 is 11.3 Å². The zero-order valence-electron chi connectivity index (χ0n) is 21.2. The Morgan fingerprint density at radius 1 is 1.24 bits per heavy atom. The number of thiophene rings is 1. The summed E-state index contributed by atoms with van der Waals surface area (Å²) in [5.41, 5.74) is 3.72. The fourth-order valence-corrected chi connectivity index (χ4v) is 7.02. The first kappa shape index (κ1) is 26.0. The molecule has 5 heteroatoms. The molecule has 1 aliphatic heterocycles. The molecule has 2 aliphatic rings. The Morgan fingerprint density at radius 2 is 1.91 bits per heavy atom. The number of hydrogen-bond acceptors (Lipinski definition) is 4. The molecular formula is C28H40FNO2S. The summed E-state index contributed by atoms with van der Waals surface area (Å²) in [4.78, 5) is 29.1. The monoisotopic (exact) mass is 473 g/mol. The van der Waals surface area contributed by atoms with Crippen molar-refractivity contribution in [2.24, 2.45) is 5.92 Å². The van der Waals surface area contributed by atoms with E-state index in [9.17, 15) is 14.0 Å². The number of hydrogen-bond donors (Lipinski definition) is 0. The van der Waals surface area contributed by atoms with Crippen LogP contribution in [-0.4, -0.2) is 41.8 Å². The molecule has 3 rings (SSSR count). The molecule has 2 heterocycles. The maximum atomic E-state index is 14.0. The van der Waals surface area contributed by atoms with Crippen LogP contribution in [0, 0.1) is 12.8 Å². The van der Waals surface area contributed by atoms with Gasteiger partial charge in [0, 0.05) is 35.2 Å². The molecule has 0 aromatic carbocycles. The summed E-state index contributed by atoms with van der Waals surface area (Å²) in [6, 6.07) is 0. The Hall–Kier alpha value is -1.59. The van der Waals surface area contributed by atoms with Gasteiger partial charge in [-0.2, -0.15) is 0 Å². The third kappa shape index (κ3) is 6.51. The van der Waals surface area contributed by atoms with Gasteiger partial charge in [0.25, 0.3) is 0 Å². The van der Waals surface area contributed by atoms with Gasteiger partial charge >= 0.3 is 0 Å². The molecule has 1 aromatic heterocycles. The number of alkyl halides is 1. The van der Waals surface area contributed by atoms with E-state index in [-0.39, 0.29) is 11.6 Å². The van der Waals surface area contributed by atoms with Crippen molar-refractivity contribution in [1.29, 1.82) is 0 Å². The highest BCUT2D eigenvalue weighted by molar-refractivity contribution is 7.10. The van der Waals surface area contributed by atoms with Gasteiger partial charge in [0.15, 0.2) is 11.6 Å². The molecule has 1 atom stereocenters. The fraction of sp³-hybridized carbons (Fsp3) is 0.643. The Labute approximate surface area is 203 Å². The van der Waals surface area contributed by atoms with E-state index < -0.39 is 5.67 Å². The van der Waals surface area contributed by atoms with Crippen LogP contribution < -0.4 is 0 Å². The molecule has 1 saturated heterocycles. The van der Waals surface area contributed by atoms with Crippen molar-refractivity contribution in [1.82, 2.24) is 4.90 Å². The Morgan fingerprint density at radius 3 is 2.48 bits per heavy atom. The third-order valence-electron chi connectivity index (χ3n) is 7.27. The van der Waals surface area contributed by atoms with Crippen molar-refractivity contribution in [3.8, 4) is 0 Å². The number of nitrogens with zero attached hydrogens (tertiary/aromatic N) is 1. The molecule has 182 valence electrons. The summed E-state index contributed by atoms with van der Waals surface area (Å²) in [7, 11) is 0. The molecule has 1 unspecified atom stereocenters. The maximum Gasteiger partial charge on any atom is 0.164 e. The molecule has 0 saturated carbocycles. The zero-order valence-corrected chi connectivity index (χ0v) is 22.0. The molecular weight excluding hydrogens is 433 g/mol. The lowest BCUT2D eigenvalue weighted by molar-refractivity contribution is -0.115. The zero-order chi connectivity index (χ0) is 24.3. The lowest BCUT2D eigenvalue weighted by Gasteiger charge is -2.37. The van der Waals surface area contributed by atoms with Crippen molar-refractivity contribution < 1.29 is 14.0 Å². The predicted octanol–water partition coefficient (Wildman–Crippen LogP) is 7.21. The SMILES string of the molecule is CCC(c1scc(C(=O)CCC2=C(C)C=C(C)CC2=O)c1C)C1CCN(CC(C)(C)F)CC1. The Balaban J connectivity index is 1.65. The van der Waals surface area contributed by atoms with Gasteiger partial charge in [-0.3, -0.25) is 9.59 Å². The molecule has 0 amide bonds. The van der Waals surface area contributed by atoms with Crippen LogP contribution in [-0.2, 0) is 4.79 Å². The number of carbonyl (C=O) groups is 2. The summed E-state index contributed by atoms with van der Waals surface area (Å²) in [6.45, 7) is 14.0. The van der Waals surface area contributed by atoms with Gasteiger partial charge in [-0.05, 0) is 102 Å². The highest BCUT2D eigenvalue weighted by Crippen LogP contribution is 2.41. The van der Waals surface area contributed by atoms with Gasteiger partial charge in [-0.25, -0.2) is 4.39 Å². The van der Waals surface area contributed by atoms with E-state index >= 15 is 0 Å². The molecule has 1 aromatic rings. The second-order valence-corrected chi connectivity index (χ2v) is 11.6. The highest BCUT2D eigenvalue weighted by Gasteiger charge is 2.31. The van der Waals surface area contributed by atoms with Crippen LogP contribution in [0.3, 0.4) is 0 Å². The van der Waals surface area contributed by atoms with E-state index in [0.717, 1.165) is 60.2 Å². The van der Waals surface area contributed by atoms with Crippen LogP contribution in [0.5, 0.6) is 0 Å². The standard InChI is InChI=1S/C28H40FNO2S/c1-7-22(21-10-12-30(13-11-21)17-28(5,6)29)27-20(4)24(16-33-27)25(31)9-8-23-19(3)14-18(2)15-26(23)32/h14,16,21-22H,7-13,15,17H2,1-6H3. The topological polar surface area (TPSA) is 37.4 Å². The first-order valence-corrected chi connectivity index (χ1v) is 13.3. The molecule has 0 radical (unpaired) electrons. The van der Waals surface area contributed by atoms with Crippen LogP contribution in [0.15, 0.2) is 28.2 Å². The van der Waals surface area contributed by atoms with E-state index in [1.807, 2.05) is 19.2 Å². The van der Waals surface area contributed by atoms with Crippen molar-refractivity contribution >= 4 is 22.9 Å². The minimum absolute atomic E-state index is 0.143. The molecule has 1 aliphatic carbocycles. The van der Waals surface area contributed by atoms with Gasteiger partial charge in [0.2, 0.25) is 0 Å². The summed E-state index contributed by atoms with van der Waals surface area (Å²) >= 11 is 1.72. The Kier molecular flexibility index (Phi) is 8.50. The first-order valence-electron chi connectivity index (χ1n) is 12.4. The van der Waals surface area contributed by atoms with E-state index in [0.29, 0.717) is 37.6 Å². The first-order chi connectivity index (χ1) is 15.5. The average Bonchev–Trinajstić information content (AvgIpc) is 3.09. The molecule has 0 spiro atoms. The van der Waals surface area contributed by atoms with Crippen LogP contribution in [0.2, 0.25) is 0 Å². The highest BCUT2D eigenvalue weighted by atomic mass is 32.1. The summed E-state index contributed by atoms with van der Waals surface area (Å²) in [6.07, 6.45) is 6.67. The number of ketones is 2. The van der Waals surface area contributed by atoms with Crippen molar-refractivity contribution in [2.45, 2.75) is 91.7 Å². The number of allylic oxidation sites excluding steroid dienone is 4. The maximum absolute atomic E-state index is 14.0. The van der Waals surface area contributed by atoms with E-state index in [1.165, 1.54) is 4.88 Å². The second kappa shape index (κ2) is 10.8. The number of piperidine rings is 1. The second-order valence-electron chi connectivity index (χ2n) is 10.7. The fourth-order valence-electron chi connectivity index (χ4n) is 5.65. The van der Waals surface area contributed by atoms with Gasteiger partial charge in [-0.15, -0.1) is 11.3 Å². The quantitative estimate of drug-likeness (QED) is 0.356. The molecule has 0 bridgehead atoms. The van der Waals surface area contributed by atoms with E-state index in [2.05, 4.69) is 24.8 Å². The largest absolute Gasteiger partial charge is 0.300 e. The van der Waals surface area contributed by atoms with E-state index in [4.69, 9.17) is 0 Å². The Bertz CT molecular complexity index is 942. The molecule has 1 fully saturated rings. The summed E-state index contributed by atoms with van der Waals surface area (Å²) in [5, 5.41) is 2.03. The van der Waals surface area contributed by atoms with Gasteiger partial charge in [0.1, 0.15) is 5.67 Å². The minimum atomic E-state index is -1.15. The van der Waals surface area contributed by atoms with Crippen molar-refractivity contribution in [3.63, 3.8) is 0 Å². The predicted molar refractivity (Wildman–Crippen MR) is 136 cm³/mol. The van der Waals surface area contributed by atoms with E-state index in [1.54, 1.807) is 25.2 Å². The summed E-state index contributed by atoms with van der Waals surface area (Å²) in [5.74, 6) is 1.34. The minimum Gasteiger partial charge on any atom is -0.300 e. The summed E-state index contributed by atoms with van der Waals surface area (Å²) < 4.78 is 14.0. The number of likely N-dealkylation sites (tertiary alicyclic amines) is 1. The molecule has 33 heavy (non-hydrogen) atoms. The molecule has 3 nitrogen and oxygen atoms in total.